The molecule has 1 unspecified atom stereocenters. The Morgan fingerprint density at radius 1 is 1.25 bits per heavy atom. The highest BCUT2D eigenvalue weighted by atomic mass is 32.2. The summed E-state index contributed by atoms with van der Waals surface area (Å²) in [5.74, 6) is 3.51. The monoisotopic (exact) mass is 286 g/mol. The van der Waals surface area contributed by atoms with Crippen molar-refractivity contribution in [2.75, 3.05) is 18.6 Å². The largest absolute Gasteiger partial charge is 0.313 e. The molecule has 2 aromatic rings. The van der Waals surface area contributed by atoms with Gasteiger partial charge in [0.1, 0.15) is 0 Å². The van der Waals surface area contributed by atoms with Gasteiger partial charge in [0.25, 0.3) is 0 Å². The number of benzene rings is 1. The van der Waals surface area contributed by atoms with Crippen molar-refractivity contribution in [2.24, 2.45) is 5.92 Å². The molecule has 2 nitrogen and oxygen atoms in total. The third-order valence-electron chi connectivity index (χ3n) is 4.33. The summed E-state index contributed by atoms with van der Waals surface area (Å²) in [5, 5.41) is 6.09. The summed E-state index contributed by atoms with van der Waals surface area (Å²) in [6.45, 7) is 0. The average molecular weight is 286 g/mol. The number of hydrogen-bond donors (Lipinski definition) is 1. The molecule has 1 fully saturated rings. The molecule has 1 saturated heterocycles. The van der Waals surface area contributed by atoms with Gasteiger partial charge in [-0.3, -0.25) is 4.98 Å². The van der Waals surface area contributed by atoms with E-state index in [-0.39, 0.29) is 0 Å². The molecule has 1 aliphatic heterocycles. The average Bonchev–Trinajstić information content (AvgIpc) is 2.53. The minimum absolute atomic E-state index is 0.418. The second-order valence-corrected chi connectivity index (χ2v) is 6.81. The van der Waals surface area contributed by atoms with Crippen LogP contribution in [-0.2, 0) is 0 Å². The van der Waals surface area contributed by atoms with Crippen LogP contribution >= 0.6 is 11.8 Å². The minimum Gasteiger partial charge on any atom is -0.313 e. The van der Waals surface area contributed by atoms with Gasteiger partial charge in [-0.25, -0.2) is 0 Å². The van der Waals surface area contributed by atoms with E-state index in [4.69, 9.17) is 0 Å². The van der Waals surface area contributed by atoms with Gasteiger partial charge in [0.15, 0.2) is 0 Å². The smallest absolute Gasteiger partial charge is 0.0346 e. The molecular formula is C17H22N2S. The highest BCUT2D eigenvalue weighted by Crippen LogP contribution is 2.33. The Labute approximate surface area is 125 Å². The first-order valence-corrected chi connectivity index (χ1v) is 8.61. The third kappa shape index (κ3) is 2.99. The van der Waals surface area contributed by atoms with Gasteiger partial charge in [-0.15, -0.1) is 0 Å². The van der Waals surface area contributed by atoms with E-state index in [0.717, 1.165) is 5.92 Å². The molecule has 0 bridgehead atoms. The molecule has 106 valence electrons. The molecular weight excluding hydrogens is 264 g/mol. The Balaban J connectivity index is 1.86. The third-order valence-corrected chi connectivity index (χ3v) is 5.38. The molecule has 1 atom stereocenters. The van der Waals surface area contributed by atoms with Crippen LogP contribution in [0.25, 0.3) is 10.8 Å². The van der Waals surface area contributed by atoms with E-state index < -0.39 is 0 Å². The number of nitrogens with one attached hydrogen (secondary N) is 1. The first-order valence-electron chi connectivity index (χ1n) is 7.46. The van der Waals surface area contributed by atoms with Crippen molar-refractivity contribution in [1.82, 2.24) is 10.3 Å². The van der Waals surface area contributed by atoms with Gasteiger partial charge in [0.2, 0.25) is 0 Å². The summed E-state index contributed by atoms with van der Waals surface area (Å²) in [6, 6.07) is 8.99. The van der Waals surface area contributed by atoms with Gasteiger partial charge in [-0.05, 0) is 54.7 Å². The van der Waals surface area contributed by atoms with Gasteiger partial charge >= 0.3 is 0 Å². The van der Waals surface area contributed by atoms with Crippen LogP contribution in [0.15, 0.2) is 36.7 Å². The van der Waals surface area contributed by atoms with E-state index in [1.54, 1.807) is 0 Å². The zero-order valence-electron chi connectivity index (χ0n) is 12.0. The number of hydrogen-bond acceptors (Lipinski definition) is 3. The summed E-state index contributed by atoms with van der Waals surface area (Å²) in [5.41, 5.74) is 1.35. The molecule has 0 amide bonds. The number of fused-ring (bicyclic) bond motifs is 1. The second kappa shape index (κ2) is 6.59. The van der Waals surface area contributed by atoms with E-state index in [1.165, 1.54) is 47.1 Å². The molecule has 1 aliphatic rings. The normalized spacial score (nSPS) is 18.2. The topological polar surface area (TPSA) is 24.9 Å². The highest BCUT2D eigenvalue weighted by Gasteiger charge is 2.20. The maximum Gasteiger partial charge on any atom is 0.0346 e. The number of nitrogens with zero attached hydrogens (tertiary/aromatic N) is 1. The van der Waals surface area contributed by atoms with E-state index in [2.05, 4.69) is 53.4 Å². The highest BCUT2D eigenvalue weighted by molar-refractivity contribution is 7.99. The fraction of sp³-hybridized carbons (Fsp3) is 0.471. The summed E-state index contributed by atoms with van der Waals surface area (Å²) in [6.07, 6.45) is 7.96. The van der Waals surface area contributed by atoms with E-state index in [9.17, 15) is 0 Å². The standard InChI is InChI=1S/C17H22N2S/c1-18-17(10-13-6-8-20-9-7-13)16-12-19-11-14-4-2-3-5-15(14)16/h2-5,11-13,17-18H,6-10H2,1H3. The predicted octanol–water partition coefficient (Wildman–Crippen LogP) is 4.03. The van der Waals surface area contributed by atoms with E-state index in [1.807, 2.05) is 12.4 Å². The van der Waals surface area contributed by atoms with Crippen LogP contribution in [0.4, 0.5) is 0 Å². The molecule has 0 aliphatic carbocycles. The fourth-order valence-corrected chi connectivity index (χ4v) is 4.34. The van der Waals surface area contributed by atoms with Crippen molar-refractivity contribution in [2.45, 2.75) is 25.3 Å². The van der Waals surface area contributed by atoms with E-state index >= 15 is 0 Å². The van der Waals surface area contributed by atoms with Crippen LogP contribution in [0.1, 0.15) is 30.9 Å². The SMILES string of the molecule is CNC(CC1CCSCC1)c1cncc2ccccc12. The van der Waals surface area contributed by atoms with Gasteiger partial charge in [0.05, 0.1) is 0 Å². The summed E-state index contributed by atoms with van der Waals surface area (Å²) in [4.78, 5) is 4.43. The zero-order valence-corrected chi connectivity index (χ0v) is 12.8. The molecule has 1 aromatic carbocycles. The lowest BCUT2D eigenvalue weighted by Crippen LogP contribution is -2.22. The van der Waals surface area contributed by atoms with Crippen molar-refractivity contribution in [3.8, 4) is 0 Å². The fourth-order valence-electron chi connectivity index (χ4n) is 3.13. The van der Waals surface area contributed by atoms with Gasteiger partial charge < -0.3 is 5.32 Å². The first-order chi connectivity index (χ1) is 9.88. The molecule has 3 rings (SSSR count). The van der Waals surface area contributed by atoms with Crippen LogP contribution in [-0.4, -0.2) is 23.5 Å². The number of aromatic nitrogens is 1. The summed E-state index contributed by atoms with van der Waals surface area (Å²) in [7, 11) is 2.07. The van der Waals surface area contributed by atoms with Crippen molar-refractivity contribution >= 4 is 22.5 Å². The quantitative estimate of drug-likeness (QED) is 0.918. The Kier molecular flexibility index (Phi) is 4.58. The Bertz CT molecular complexity index is 558. The van der Waals surface area contributed by atoms with Crippen LogP contribution in [0.3, 0.4) is 0 Å². The van der Waals surface area contributed by atoms with Crippen molar-refractivity contribution in [3.05, 3.63) is 42.2 Å². The van der Waals surface area contributed by atoms with Crippen LogP contribution in [0, 0.1) is 5.92 Å². The first kappa shape index (κ1) is 13.9. The lowest BCUT2D eigenvalue weighted by atomic mass is 9.89. The Morgan fingerprint density at radius 2 is 2.05 bits per heavy atom. The predicted molar refractivity (Wildman–Crippen MR) is 88.2 cm³/mol. The molecule has 0 radical (unpaired) electrons. The zero-order chi connectivity index (χ0) is 13.8. The summed E-state index contributed by atoms with van der Waals surface area (Å²) >= 11 is 2.10. The minimum atomic E-state index is 0.418. The van der Waals surface area contributed by atoms with Crippen LogP contribution in [0.5, 0.6) is 0 Å². The lowest BCUT2D eigenvalue weighted by Gasteiger charge is -2.27. The van der Waals surface area contributed by atoms with Crippen molar-refractivity contribution in [1.29, 1.82) is 0 Å². The van der Waals surface area contributed by atoms with Crippen LogP contribution in [0.2, 0.25) is 0 Å². The van der Waals surface area contributed by atoms with Gasteiger partial charge in [0, 0.05) is 23.8 Å². The maximum atomic E-state index is 4.43. The number of rotatable bonds is 4. The molecule has 0 saturated carbocycles. The van der Waals surface area contributed by atoms with Gasteiger partial charge in [-0.1, -0.05) is 24.3 Å². The second-order valence-electron chi connectivity index (χ2n) is 5.58. The van der Waals surface area contributed by atoms with Crippen LogP contribution < -0.4 is 5.32 Å². The Morgan fingerprint density at radius 3 is 2.85 bits per heavy atom. The lowest BCUT2D eigenvalue weighted by molar-refractivity contribution is 0.385. The molecule has 20 heavy (non-hydrogen) atoms. The molecule has 2 heterocycles. The molecule has 1 aromatic heterocycles. The maximum absolute atomic E-state index is 4.43. The Hall–Kier alpha value is -1.06. The number of thioether (sulfide) groups is 1. The van der Waals surface area contributed by atoms with Gasteiger partial charge in [-0.2, -0.15) is 11.8 Å². The van der Waals surface area contributed by atoms with Crippen molar-refractivity contribution in [3.63, 3.8) is 0 Å². The molecule has 0 spiro atoms. The van der Waals surface area contributed by atoms with E-state index in [0.29, 0.717) is 6.04 Å². The molecule has 1 N–H and O–H groups in total. The number of pyridine rings is 1. The molecule has 3 heteroatoms. The van der Waals surface area contributed by atoms with Crippen molar-refractivity contribution < 1.29 is 0 Å². The summed E-state index contributed by atoms with van der Waals surface area (Å²) < 4.78 is 0.